The fraction of sp³-hybridized carbons (Fsp3) is 0.364. The van der Waals surface area contributed by atoms with Crippen molar-refractivity contribution in [1.82, 2.24) is 0 Å². The van der Waals surface area contributed by atoms with Gasteiger partial charge in [0.25, 0.3) is 5.91 Å². The lowest BCUT2D eigenvalue weighted by Gasteiger charge is -2.16. The molecule has 1 amide bonds. The second kappa shape index (κ2) is 10.3. The van der Waals surface area contributed by atoms with E-state index >= 15 is 0 Å². The number of esters is 1. The van der Waals surface area contributed by atoms with Crippen molar-refractivity contribution in [2.75, 3.05) is 19.0 Å². The highest BCUT2D eigenvalue weighted by Gasteiger charge is 2.20. The number of anilines is 1. The molecule has 0 aliphatic carbocycles. The van der Waals surface area contributed by atoms with E-state index in [1.165, 1.54) is 14.0 Å². The summed E-state index contributed by atoms with van der Waals surface area (Å²) in [7, 11) is 1.53. The highest BCUT2D eigenvalue weighted by atomic mass is 16.5. The summed E-state index contributed by atoms with van der Waals surface area (Å²) >= 11 is 0. The number of carbonyl (C=O) groups excluding carboxylic acids is 2. The number of benzene rings is 2. The van der Waals surface area contributed by atoms with Gasteiger partial charge in [-0.15, -0.1) is 0 Å². The van der Waals surface area contributed by atoms with Crippen molar-refractivity contribution in [3.8, 4) is 11.5 Å². The average Bonchev–Trinajstić information content (AvgIpc) is 2.68. The van der Waals surface area contributed by atoms with E-state index in [0.717, 1.165) is 18.4 Å². The summed E-state index contributed by atoms with van der Waals surface area (Å²) in [4.78, 5) is 24.7. The second-order valence-electron chi connectivity index (χ2n) is 6.47. The number of nitrogens with one attached hydrogen (secondary N) is 1. The zero-order chi connectivity index (χ0) is 20.5. The Labute approximate surface area is 165 Å². The van der Waals surface area contributed by atoms with Gasteiger partial charge < -0.3 is 19.5 Å². The predicted octanol–water partition coefficient (Wildman–Crippen LogP) is 4.37. The summed E-state index contributed by atoms with van der Waals surface area (Å²) in [5.74, 6) is 0.231. The van der Waals surface area contributed by atoms with E-state index < -0.39 is 18.0 Å². The second-order valence-corrected chi connectivity index (χ2v) is 6.47. The van der Waals surface area contributed by atoms with Crippen LogP contribution in [0.2, 0.25) is 0 Å². The molecule has 1 atom stereocenters. The monoisotopic (exact) mass is 385 g/mol. The molecule has 0 radical (unpaired) electrons. The van der Waals surface area contributed by atoms with Crippen molar-refractivity contribution in [1.29, 1.82) is 0 Å². The zero-order valence-electron chi connectivity index (χ0n) is 16.8. The van der Waals surface area contributed by atoms with Crippen molar-refractivity contribution in [3.05, 3.63) is 53.6 Å². The molecule has 0 heterocycles. The van der Waals surface area contributed by atoms with Gasteiger partial charge >= 0.3 is 5.97 Å². The summed E-state index contributed by atoms with van der Waals surface area (Å²) in [5, 5.41) is 2.74. The molecule has 28 heavy (non-hydrogen) atoms. The summed E-state index contributed by atoms with van der Waals surface area (Å²) in [5.41, 5.74) is 1.86. The Hall–Kier alpha value is -3.02. The maximum Gasteiger partial charge on any atom is 0.338 e. The third-order valence-corrected chi connectivity index (χ3v) is 4.12. The van der Waals surface area contributed by atoms with Crippen molar-refractivity contribution < 1.29 is 23.8 Å². The average molecular weight is 385 g/mol. The van der Waals surface area contributed by atoms with E-state index in [2.05, 4.69) is 12.2 Å². The first-order chi connectivity index (χ1) is 13.4. The predicted molar refractivity (Wildman–Crippen MR) is 108 cm³/mol. The van der Waals surface area contributed by atoms with Gasteiger partial charge in [-0.25, -0.2) is 4.79 Å². The van der Waals surface area contributed by atoms with Crippen LogP contribution in [0.25, 0.3) is 0 Å². The number of hydrogen-bond donors (Lipinski definition) is 1. The van der Waals surface area contributed by atoms with Gasteiger partial charge in [-0.05, 0) is 62.2 Å². The van der Waals surface area contributed by atoms with Gasteiger partial charge in [0.05, 0.1) is 25.0 Å². The molecule has 1 N–H and O–H groups in total. The minimum atomic E-state index is -0.960. The minimum Gasteiger partial charge on any atom is -0.495 e. The molecular weight excluding hydrogens is 358 g/mol. The van der Waals surface area contributed by atoms with Gasteiger partial charge in [0.1, 0.15) is 11.5 Å². The number of amides is 1. The molecule has 6 nitrogen and oxygen atoms in total. The molecule has 0 spiro atoms. The third-order valence-electron chi connectivity index (χ3n) is 4.12. The van der Waals surface area contributed by atoms with Crippen LogP contribution in [0, 0.1) is 6.92 Å². The van der Waals surface area contributed by atoms with E-state index in [1.807, 2.05) is 13.0 Å². The molecule has 2 rings (SSSR count). The molecule has 0 bridgehead atoms. The quantitative estimate of drug-likeness (QED) is 0.513. The van der Waals surface area contributed by atoms with Crippen molar-refractivity contribution in [2.45, 2.75) is 39.7 Å². The molecule has 1 unspecified atom stereocenters. The highest BCUT2D eigenvalue weighted by Crippen LogP contribution is 2.25. The molecule has 0 saturated carbocycles. The first kappa shape index (κ1) is 21.3. The third kappa shape index (κ3) is 6.01. The number of rotatable bonds is 9. The zero-order valence-corrected chi connectivity index (χ0v) is 16.8. The molecular formula is C22H27NO5. The standard InChI is InChI=1S/C22H27NO5/c1-5-6-13-27-18-10-8-17(9-11-18)22(25)28-16(3)21(24)23-19-14-15(2)7-12-20(19)26-4/h7-12,14,16H,5-6,13H2,1-4H3,(H,23,24). The number of ether oxygens (including phenoxy) is 3. The summed E-state index contributed by atoms with van der Waals surface area (Å²) in [6, 6.07) is 12.1. The lowest BCUT2D eigenvalue weighted by Crippen LogP contribution is -2.30. The van der Waals surface area contributed by atoms with Crippen LogP contribution in [-0.2, 0) is 9.53 Å². The van der Waals surface area contributed by atoms with E-state index in [1.54, 1.807) is 36.4 Å². The smallest absolute Gasteiger partial charge is 0.338 e. The fourth-order valence-electron chi connectivity index (χ4n) is 2.46. The van der Waals surface area contributed by atoms with Crippen molar-refractivity contribution in [3.63, 3.8) is 0 Å². The van der Waals surface area contributed by atoms with E-state index in [4.69, 9.17) is 14.2 Å². The van der Waals surface area contributed by atoms with E-state index in [9.17, 15) is 9.59 Å². The molecule has 6 heteroatoms. The van der Waals surface area contributed by atoms with Crippen molar-refractivity contribution >= 4 is 17.6 Å². The van der Waals surface area contributed by atoms with E-state index in [0.29, 0.717) is 29.4 Å². The maximum absolute atomic E-state index is 12.4. The molecule has 0 aliphatic heterocycles. The SMILES string of the molecule is CCCCOc1ccc(C(=O)OC(C)C(=O)Nc2cc(C)ccc2OC)cc1. The number of methoxy groups -OCH3 is 1. The number of unbranched alkanes of at least 4 members (excludes halogenated alkanes) is 1. The molecule has 0 aromatic heterocycles. The summed E-state index contributed by atoms with van der Waals surface area (Å²) in [6.07, 6.45) is 1.07. The normalized spacial score (nSPS) is 11.4. The lowest BCUT2D eigenvalue weighted by atomic mass is 10.2. The van der Waals surface area contributed by atoms with Crippen LogP contribution in [0.5, 0.6) is 11.5 Å². The van der Waals surface area contributed by atoms with Crippen LogP contribution in [0.1, 0.15) is 42.6 Å². The van der Waals surface area contributed by atoms with Gasteiger partial charge in [-0.1, -0.05) is 19.4 Å². The van der Waals surface area contributed by atoms with Gasteiger partial charge in [-0.3, -0.25) is 4.79 Å². The number of hydrogen-bond acceptors (Lipinski definition) is 5. The molecule has 150 valence electrons. The highest BCUT2D eigenvalue weighted by molar-refractivity contribution is 5.98. The Kier molecular flexibility index (Phi) is 7.87. The van der Waals surface area contributed by atoms with E-state index in [-0.39, 0.29) is 0 Å². The molecule has 2 aromatic carbocycles. The largest absolute Gasteiger partial charge is 0.495 e. The molecule has 0 saturated heterocycles. The Morgan fingerprint density at radius 3 is 2.46 bits per heavy atom. The van der Waals surface area contributed by atoms with Crippen LogP contribution >= 0.6 is 0 Å². The summed E-state index contributed by atoms with van der Waals surface area (Å²) < 4.78 is 16.1. The molecule has 2 aromatic rings. The molecule has 0 aliphatic rings. The van der Waals surface area contributed by atoms with Crippen molar-refractivity contribution in [2.24, 2.45) is 0 Å². The maximum atomic E-state index is 12.4. The van der Waals surface area contributed by atoms with Crippen LogP contribution in [-0.4, -0.2) is 31.7 Å². The van der Waals surface area contributed by atoms with Gasteiger partial charge in [0, 0.05) is 0 Å². The first-order valence-corrected chi connectivity index (χ1v) is 9.34. The topological polar surface area (TPSA) is 73.9 Å². The minimum absolute atomic E-state index is 0.357. The van der Waals surface area contributed by atoms with Gasteiger partial charge in [0.2, 0.25) is 0 Å². The lowest BCUT2D eigenvalue weighted by molar-refractivity contribution is -0.123. The number of aryl methyl sites for hydroxylation is 1. The Morgan fingerprint density at radius 1 is 1.11 bits per heavy atom. The fourth-order valence-corrected chi connectivity index (χ4v) is 2.46. The van der Waals surface area contributed by atoms with Crippen LogP contribution in [0.4, 0.5) is 5.69 Å². The Balaban J connectivity index is 1.94. The van der Waals surface area contributed by atoms with Gasteiger partial charge in [-0.2, -0.15) is 0 Å². The first-order valence-electron chi connectivity index (χ1n) is 9.34. The van der Waals surface area contributed by atoms with Crippen LogP contribution in [0.3, 0.4) is 0 Å². The number of carbonyl (C=O) groups is 2. The van der Waals surface area contributed by atoms with Gasteiger partial charge in [0.15, 0.2) is 6.10 Å². The summed E-state index contributed by atoms with van der Waals surface area (Å²) in [6.45, 7) is 6.17. The van der Waals surface area contributed by atoms with Crippen LogP contribution < -0.4 is 14.8 Å². The molecule has 0 fully saturated rings. The van der Waals surface area contributed by atoms with Crippen LogP contribution in [0.15, 0.2) is 42.5 Å². The Morgan fingerprint density at radius 2 is 1.82 bits per heavy atom. The Bertz CT molecular complexity index is 801.